The molecule has 2 rings (SSSR count). The number of hydrogen-bond donors (Lipinski definition) is 0. The molecule has 0 atom stereocenters. The molecular formula is C14H18ClN5O2S. The van der Waals surface area contributed by atoms with Crippen LogP contribution in [0, 0.1) is 0 Å². The number of nitrogens with zero attached hydrogens (tertiary/aromatic N) is 5. The van der Waals surface area contributed by atoms with Gasteiger partial charge in [-0.2, -0.15) is 4.98 Å². The van der Waals surface area contributed by atoms with Crippen LogP contribution in [0.15, 0.2) is 6.07 Å². The summed E-state index contributed by atoms with van der Waals surface area (Å²) in [6.45, 7) is 2.03. The fraction of sp³-hybridized carbons (Fsp3) is 0.429. The van der Waals surface area contributed by atoms with Gasteiger partial charge >= 0.3 is 5.97 Å². The molecule has 0 N–H and O–H groups in total. The summed E-state index contributed by atoms with van der Waals surface area (Å²) in [6.07, 6.45) is 0. The summed E-state index contributed by atoms with van der Waals surface area (Å²) in [5.74, 6) is 0.770. The van der Waals surface area contributed by atoms with Crippen LogP contribution in [0.5, 0.6) is 0 Å². The van der Waals surface area contributed by atoms with Gasteiger partial charge in [0, 0.05) is 34.3 Å². The molecule has 7 nitrogen and oxygen atoms in total. The molecule has 0 fully saturated rings. The Morgan fingerprint density at radius 3 is 2.48 bits per heavy atom. The number of esters is 1. The topological polar surface area (TPSA) is 71.5 Å². The van der Waals surface area contributed by atoms with E-state index in [4.69, 9.17) is 16.3 Å². The fourth-order valence-electron chi connectivity index (χ4n) is 1.78. The van der Waals surface area contributed by atoms with Crippen molar-refractivity contribution in [3.05, 3.63) is 15.4 Å². The van der Waals surface area contributed by atoms with Crippen molar-refractivity contribution in [2.75, 3.05) is 44.6 Å². The normalized spacial score (nSPS) is 10.5. The highest BCUT2D eigenvalue weighted by molar-refractivity contribution is 7.17. The molecule has 9 heteroatoms. The molecule has 0 bridgehead atoms. The minimum absolute atomic E-state index is 0.263. The number of carbonyl (C=O) groups excluding carboxylic acids is 1. The molecule has 0 spiro atoms. The van der Waals surface area contributed by atoms with E-state index in [0.29, 0.717) is 28.0 Å². The van der Waals surface area contributed by atoms with Gasteiger partial charge < -0.3 is 14.5 Å². The van der Waals surface area contributed by atoms with Gasteiger partial charge in [-0.05, 0) is 6.92 Å². The van der Waals surface area contributed by atoms with Gasteiger partial charge in [0.25, 0.3) is 0 Å². The van der Waals surface area contributed by atoms with E-state index in [0.717, 1.165) is 11.3 Å². The maximum absolute atomic E-state index is 12.1. The lowest BCUT2D eigenvalue weighted by atomic mass is 10.2. The Labute approximate surface area is 143 Å². The molecule has 0 saturated carbocycles. The van der Waals surface area contributed by atoms with Crippen molar-refractivity contribution in [2.45, 2.75) is 6.92 Å². The Kier molecular flexibility index (Phi) is 5.38. The number of thiazole rings is 1. The SMILES string of the molecule is CCOC(=O)c1sc(Cl)nc1-c1cc(N(C)C)nc(N(C)C)n1. The lowest BCUT2D eigenvalue weighted by molar-refractivity contribution is 0.0532. The van der Waals surface area contributed by atoms with Gasteiger partial charge in [0.2, 0.25) is 5.95 Å². The molecule has 2 heterocycles. The van der Waals surface area contributed by atoms with E-state index < -0.39 is 5.97 Å². The first-order valence-corrected chi connectivity index (χ1v) is 8.10. The molecule has 2 aromatic rings. The molecule has 0 unspecified atom stereocenters. The van der Waals surface area contributed by atoms with Crippen LogP contribution in [-0.4, -0.2) is 55.7 Å². The highest BCUT2D eigenvalue weighted by Gasteiger charge is 2.22. The molecule has 2 aromatic heterocycles. The zero-order valence-electron chi connectivity index (χ0n) is 13.6. The monoisotopic (exact) mass is 355 g/mol. The maximum atomic E-state index is 12.1. The number of rotatable bonds is 5. The molecule has 124 valence electrons. The zero-order chi connectivity index (χ0) is 17.1. The maximum Gasteiger partial charge on any atom is 0.350 e. The summed E-state index contributed by atoms with van der Waals surface area (Å²) in [6, 6.07) is 1.76. The van der Waals surface area contributed by atoms with Crippen LogP contribution in [-0.2, 0) is 4.74 Å². The minimum Gasteiger partial charge on any atom is -0.462 e. The Morgan fingerprint density at radius 2 is 1.91 bits per heavy atom. The average molecular weight is 356 g/mol. The van der Waals surface area contributed by atoms with Crippen molar-refractivity contribution >= 4 is 40.7 Å². The number of anilines is 2. The first kappa shape index (κ1) is 17.4. The number of hydrogen-bond acceptors (Lipinski definition) is 8. The van der Waals surface area contributed by atoms with Gasteiger partial charge in [0.1, 0.15) is 16.4 Å². The largest absolute Gasteiger partial charge is 0.462 e. The second-order valence-electron chi connectivity index (χ2n) is 5.07. The highest BCUT2D eigenvalue weighted by Crippen LogP contribution is 2.32. The molecule has 23 heavy (non-hydrogen) atoms. The molecular weight excluding hydrogens is 338 g/mol. The summed E-state index contributed by atoms with van der Waals surface area (Å²) in [7, 11) is 7.45. The standard InChI is InChI=1S/C14H18ClN5O2S/c1-6-22-12(21)11-10(18-13(15)23-11)8-7-9(19(2)3)17-14(16-8)20(4)5/h7H,6H2,1-5H3. The number of aromatic nitrogens is 3. The first-order chi connectivity index (χ1) is 10.8. The van der Waals surface area contributed by atoms with Gasteiger partial charge in [-0.15, -0.1) is 0 Å². The second-order valence-corrected chi connectivity index (χ2v) is 6.65. The molecule has 0 aliphatic heterocycles. The number of halogens is 1. The van der Waals surface area contributed by atoms with Crippen molar-refractivity contribution in [3.63, 3.8) is 0 Å². The zero-order valence-corrected chi connectivity index (χ0v) is 15.2. The van der Waals surface area contributed by atoms with Crippen LogP contribution >= 0.6 is 22.9 Å². The third-order valence-corrected chi connectivity index (χ3v) is 4.00. The van der Waals surface area contributed by atoms with Crippen molar-refractivity contribution in [1.82, 2.24) is 15.0 Å². The van der Waals surface area contributed by atoms with E-state index in [9.17, 15) is 4.79 Å². The van der Waals surface area contributed by atoms with E-state index in [1.54, 1.807) is 17.9 Å². The third kappa shape index (κ3) is 3.89. The lowest BCUT2D eigenvalue weighted by Gasteiger charge is -2.17. The van der Waals surface area contributed by atoms with Crippen molar-refractivity contribution in [1.29, 1.82) is 0 Å². The van der Waals surface area contributed by atoms with Gasteiger partial charge in [-0.1, -0.05) is 22.9 Å². The van der Waals surface area contributed by atoms with Gasteiger partial charge in [-0.25, -0.2) is 14.8 Å². The number of carbonyl (C=O) groups is 1. The molecule has 0 saturated heterocycles. The van der Waals surface area contributed by atoms with Crippen LogP contribution in [0.4, 0.5) is 11.8 Å². The summed E-state index contributed by atoms with van der Waals surface area (Å²) < 4.78 is 5.33. The lowest BCUT2D eigenvalue weighted by Crippen LogP contribution is -2.17. The number of ether oxygens (including phenoxy) is 1. The fourth-order valence-corrected chi connectivity index (χ4v) is 2.79. The smallest absolute Gasteiger partial charge is 0.350 e. The predicted octanol–water partition coefficient (Wildman–Crippen LogP) is 2.56. The Balaban J connectivity index is 2.59. The van der Waals surface area contributed by atoms with E-state index in [1.807, 2.05) is 33.1 Å². The van der Waals surface area contributed by atoms with Gasteiger partial charge in [0.15, 0.2) is 4.47 Å². The van der Waals surface area contributed by atoms with E-state index in [-0.39, 0.29) is 11.1 Å². The molecule has 0 aliphatic carbocycles. The van der Waals surface area contributed by atoms with Crippen molar-refractivity contribution in [3.8, 4) is 11.4 Å². The van der Waals surface area contributed by atoms with Crippen LogP contribution in [0.25, 0.3) is 11.4 Å². The van der Waals surface area contributed by atoms with E-state index in [2.05, 4.69) is 15.0 Å². The van der Waals surface area contributed by atoms with E-state index in [1.165, 1.54) is 0 Å². The molecule has 0 aliphatic rings. The highest BCUT2D eigenvalue weighted by atomic mass is 35.5. The second kappa shape index (κ2) is 7.10. The first-order valence-electron chi connectivity index (χ1n) is 6.91. The van der Waals surface area contributed by atoms with Crippen LogP contribution in [0.1, 0.15) is 16.6 Å². The van der Waals surface area contributed by atoms with Gasteiger partial charge in [-0.3, -0.25) is 0 Å². The van der Waals surface area contributed by atoms with Crippen LogP contribution < -0.4 is 9.80 Å². The average Bonchev–Trinajstić information content (AvgIpc) is 2.89. The van der Waals surface area contributed by atoms with E-state index >= 15 is 0 Å². The Hall–Kier alpha value is -1.93. The molecule has 0 aromatic carbocycles. The summed E-state index contributed by atoms with van der Waals surface area (Å²) in [5, 5.41) is 0. The van der Waals surface area contributed by atoms with Crippen LogP contribution in [0.3, 0.4) is 0 Å². The predicted molar refractivity (Wildman–Crippen MR) is 92.8 cm³/mol. The van der Waals surface area contributed by atoms with Crippen LogP contribution in [0.2, 0.25) is 4.47 Å². The van der Waals surface area contributed by atoms with Crippen molar-refractivity contribution in [2.24, 2.45) is 0 Å². The third-order valence-electron chi connectivity index (χ3n) is 2.86. The minimum atomic E-state index is -0.455. The summed E-state index contributed by atoms with van der Waals surface area (Å²) >= 11 is 7.08. The Bertz CT molecular complexity index is 691. The molecule has 0 amide bonds. The summed E-state index contributed by atoms with van der Waals surface area (Å²) in [5.41, 5.74) is 0.936. The quantitative estimate of drug-likeness (QED) is 0.763. The molecule has 0 radical (unpaired) electrons. The van der Waals surface area contributed by atoms with Gasteiger partial charge in [0.05, 0.1) is 12.3 Å². The Morgan fingerprint density at radius 1 is 1.22 bits per heavy atom. The van der Waals surface area contributed by atoms with Crippen molar-refractivity contribution < 1.29 is 9.53 Å². The summed E-state index contributed by atoms with van der Waals surface area (Å²) in [4.78, 5) is 29.2.